The highest BCUT2D eigenvalue weighted by Crippen LogP contribution is 2.25. The third kappa shape index (κ3) is 4.33. The molecular formula is C22H22N6OS. The molecule has 1 N–H and O–H groups in total. The highest BCUT2D eigenvalue weighted by atomic mass is 32.2. The monoisotopic (exact) mass is 418 g/mol. The minimum Gasteiger partial charge on any atom is -0.328 e. The summed E-state index contributed by atoms with van der Waals surface area (Å²) in [7, 11) is 0. The van der Waals surface area contributed by atoms with E-state index in [0.29, 0.717) is 17.0 Å². The molecule has 0 radical (unpaired) electrons. The van der Waals surface area contributed by atoms with E-state index in [2.05, 4.69) is 31.8 Å². The van der Waals surface area contributed by atoms with Gasteiger partial charge in [0.1, 0.15) is 5.82 Å². The molecule has 152 valence electrons. The summed E-state index contributed by atoms with van der Waals surface area (Å²) in [6.45, 7) is 6.85. The number of anilines is 1. The molecule has 0 saturated carbocycles. The Kier molecular flexibility index (Phi) is 5.76. The van der Waals surface area contributed by atoms with Crippen molar-refractivity contribution >= 4 is 34.4 Å². The maximum atomic E-state index is 12.4. The molecule has 0 aliphatic carbocycles. The van der Waals surface area contributed by atoms with Crippen molar-refractivity contribution in [2.24, 2.45) is 0 Å². The normalized spacial score (nSPS) is 11.0. The van der Waals surface area contributed by atoms with Crippen molar-refractivity contribution in [2.75, 3.05) is 5.32 Å². The number of nitrogens with one attached hydrogen (secondary N) is 1. The first kappa shape index (κ1) is 20.0. The van der Waals surface area contributed by atoms with Crippen LogP contribution in [-0.2, 0) is 12.3 Å². The van der Waals surface area contributed by atoms with Crippen molar-refractivity contribution in [2.45, 2.75) is 38.2 Å². The Labute approximate surface area is 179 Å². The molecular weight excluding hydrogens is 396 g/mol. The van der Waals surface area contributed by atoms with E-state index in [1.54, 1.807) is 36.3 Å². The first-order chi connectivity index (χ1) is 14.5. The summed E-state index contributed by atoms with van der Waals surface area (Å²) in [6, 6.07) is 11.2. The summed E-state index contributed by atoms with van der Waals surface area (Å²) in [5.41, 5.74) is 5.02. The number of hydrogen-bond donors (Lipinski definition) is 1. The number of aryl methyl sites for hydroxylation is 3. The minimum absolute atomic E-state index is 0.194. The fourth-order valence-electron chi connectivity index (χ4n) is 3.31. The largest absolute Gasteiger partial charge is 0.328 e. The summed E-state index contributed by atoms with van der Waals surface area (Å²) in [6.07, 6.45) is 3.19. The van der Waals surface area contributed by atoms with Gasteiger partial charge in [-0.1, -0.05) is 11.8 Å². The number of carbonyl (C=O) groups excluding carboxylic acids is 1. The molecule has 3 aromatic heterocycles. The number of carbonyl (C=O) groups is 1. The van der Waals surface area contributed by atoms with Gasteiger partial charge < -0.3 is 9.88 Å². The molecule has 0 atom stereocenters. The number of rotatable bonds is 6. The highest BCUT2D eigenvalue weighted by molar-refractivity contribution is 7.98. The average Bonchev–Trinajstić information content (AvgIpc) is 3.09. The second kappa shape index (κ2) is 8.62. The van der Waals surface area contributed by atoms with Gasteiger partial charge in [-0.2, -0.15) is 0 Å². The predicted octanol–water partition coefficient (Wildman–Crippen LogP) is 4.40. The molecule has 7 nitrogen and oxygen atoms in total. The number of thioether (sulfide) groups is 1. The summed E-state index contributed by atoms with van der Waals surface area (Å²) < 4.78 is 2.18. The molecule has 0 aliphatic rings. The smallest absolute Gasteiger partial charge is 0.257 e. The molecule has 0 bridgehead atoms. The van der Waals surface area contributed by atoms with Crippen LogP contribution in [0.2, 0.25) is 0 Å². The van der Waals surface area contributed by atoms with Crippen LogP contribution in [-0.4, -0.2) is 30.4 Å². The van der Waals surface area contributed by atoms with Crippen LogP contribution < -0.4 is 5.32 Å². The molecule has 0 spiro atoms. The minimum atomic E-state index is -0.194. The Bertz CT molecular complexity index is 1180. The van der Waals surface area contributed by atoms with E-state index in [1.807, 2.05) is 38.1 Å². The standard InChI is InChI=1S/C22H22N6OS/c1-4-28-19-8-7-17(26-21(29)16-6-5-9-23-12-16)11-18(19)27-20(28)13-30-22-24-14(2)10-15(3)25-22/h5-12H,4,13H2,1-3H3,(H,26,29). The van der Waals surface area contributed by atoms with Crippen molar-refractivity contribution in [3.05, 3.63) is 71.6 Å². The van der Waals surface area contributed by atoms with Crippen LogP contribution >= 0.6 is 11.8 Å². The van der Waals surface area contributed by atoms with E-state index in [0.717, 1.165) is 39.9 Å². The van der Waals surface area contributed by atoms with E-state index in [1.165, 1.54) is 0 Å². The van der Waals surface area contributed by atoms with Crippen LogP contribution in [0.25, 0.3) is 11.0 Å². The fraction of sp³-hybridized carbons (Fsp3) is 0.227. The fourth-order valence-corrected chi connectivity index (χ4v) is 4.20. The quantitative estimate of drug-likeness (QED) is 0.369. The Balaban J connectivity index is 1.56. The van der Waals surface area contributed by atoms with Crippen molar-refractivity contribution in [1.29, 1.82) is 0 Å². The van der Waals surface area contributed by atoms with Gasteiger partial charge in [0.15, 0.2) is 5.16 Å². The number of pyridine rings is 1. The summed E-state index contributed by atoms with van der Waals surface area (Å²) in [5.74, 6) is 1.43. The molecule has 0 aliphatic heterocycles. The maximum absolute atomic E-state index is 12.4. The van der Waals surface area contributed by atoms with Crippen LogP contribution in [0.5, 0.6) is 0 Å². The Morgan fingerprint density at radius 2 is 1.90 bits per heavy atom. The zero-order valence-electron chi connectivity index (χ0n) is 17.1. The number of amides is 1. The summed E-state index contributed by atoms with van der Waals surface area (Å²) in [5, 5.41) is 3.67. The molecule has 4 aromatic rings. The average molecular weight is 419 g/mol. The highest BCUT2D eigenvalue weighted by Gasteiger charge is 2.13. The third-order valence-corrected chi connectivity index (χ3v) is 5.46. The molecule has 4 rings (SSSR count). The molecule has 8 heteroatoms. The van der Waals surface area contributed by atoms with Crippen LogP contribution in [0, 0.1) is 13.8 Å². The zero-order valence-corrected chi connectivity index (χ0v) is 17.9. The molecule has 1 amide bonds. The number of fused-ring (bicyclic) bond motifs is 1. The molecule has 0 saturated heterocycles. The van der Waals surface area contributed by atoms with Gasteiger partial charge in [0.2, 0.25) is 0 Å². The van der Waals surface area contributed by atoms with E-state index < -0.39 is 0 Å². The van der Waals surface area contributed by atoms with Crippen LogP contribution in [0.4, 0.5) is 5.69 Å². The van der Waals surface area contributed by atoms with Crippen LogP contribution in [0.1, 0.15) is 34.5 Å². The van der Waals surface area contributed by atoms with Gasteiger partial charge in [-0.05, 0) is 57.2 Å². The third-order valence-electron chi connectivity index (χ3n) is 4.62. The predicted molar refractivity (Wildman–Crippen MR) is 119 cm³/mol. The van der Waals surface area contributed by atoms with Crippen LogP contribution in [0.3, 0.4) is 0 Å². The lowest BCUT2D eigenvalue weighted by atomic mass is 10.2. The van der Waals surface area contributed by atoms with Gasteiger partial charge in [0.05, 0.1) is 22.3 Å². The molecule has 0 unspecified atom stereocenters. The van der Waals surface area contributed by atoms with Gasteiger partial charge in [-0.3, -0.25) is 9.78 Å². The first-order valence-electron chi connectivity index (χ1n) is 9.69. The lowest BCUT2D eigenvalue weighted by molar-refractivity contribution is 0.102. The Hall–Kier alpha value is -3.26. The number of imidazole rings is 1. The second-order valence-electron chi connectivity index (χ2n) is 6.89. The lowest BCUT2D eigenvalue weighted by Gasteiger charge is -2.07. The van der Waals surface area contributed by atoms with E-state index in [9.17, 15) is 4.79 Å². The first-order valence-corrected chi connectivity index (χ1v) is 10.7. The number of benzene rings is 1. The van der Waals surface area contributed by atoms with E-state index in [4.69, 9.17) is 4.98 Å². The number of aromatic nitrogens is 5. The SMILES string of the molecule is CCn1c(CSc2nc(C)cc(C)n2)nc2cc(NC(=O)c3cccnc3)ccc21. The lowest BCUT2D eigenvalue weighted by Crippen LogP contribution is -2.11. The summed E-state index contributed by atoms with van der Waals surface area (Å²) >= 11 is 1.58. The number of nitrogens with zero attached hydrogens (tertiary/aromatic N) is 5. The molecule has 3 heterocycles. The Morgan fingerprint density at radius 1 is 1.10 bits per heavy atom. The van der Waals surface area contributed by atoms with E-state index >= 15 is 0 Å². The van der Waals surface area contributed by atoms with Crippen molar-refractivity contribution in [1.82, 2.24) is 24.5 Å². The topological polar surface area (TPSA) is 85.6 Å². The van der Waals surface area contributed by atoms with Crippen molar-refractivity contribution < 1.29 is 4.79 Å². The van der Waals surface area contributed by atoms with Crippen molar-refractivity contribution in [3.63, 3.8) is 0 Å². The maximum Gasteiger partial charge on any atom is 0.257 e. The zero-order chi connectivity index (χ0) is 21.1. The Morgan fingerprint density at radius 3 is 2.60 bits per heavy atom. The molecule has 0 fully saturated rings. The van der Waals surface area contributed by atoms with Gasteiger partial charge in [-0.15, -0.1) is 0 Å². The van der Waals surface area contributed by atoms with Gasteiger partial charge >= 0.3 is 0 Å². The van der Waals surface area contributed by atoms with Gasteiger partial charge in [-0.25, -0.2) is 15.0 Å². The van der Waals surface area contributed by atoms with Crippen molar-refractivity contribution in [3.8, 4) is 0 Å². The second-order valence-corrected chi connectivity index (χ2v) is 7.84. The molecule has 30 heavy (non-hydrogen) atoms. The van der Waals surface area contributed by atoms with Gasteiger partial charge in [0.25, 0.3) is 5.91 Å². The van der Waals surface area contributed by atoms with Gasteiger partial charge in [0, 0.05) is 36.0 Å². The molecule has 1 aromatic carbocycles. The summed E-state index contributed by atoms with van der Waals surface area (Å²) in [4.78, 5) is 30.2. The number of hydrogen-bond acceptors (Lipinski definition) is 6. The van der Waals surface area contributed by atoms with E-state index in [-0.39, 0.29) is 5.91 Å². The van der Waals surface area contributed by atoms with Crippen LogP contribution in [0.15, 0.2) is 53.9 Å².